The Labute approximate surface area is 125 Å². The van der Waals surface area contributed by atoms with Crippen molar-refractivity contribution in [1.82, 2.24) is 4.90 Å². The number of nitrogens with two attached hydrogens (primary N) is 1. The zero-order valence-electron chi connectivity index (χ0n) is 12.1. The van der Waals surface area contributed by atoms with E-state index in [4.69, 9.17) is 5.73 Å². The molecule has 0 aromatic heterocycles. The standard InChI is InChI=1S/C18H20N2O/c19-17-10-4-3-7-15(17)12-18(21)20-11-5-9-14-6-1-2-8-16(14)13-20/h1-4,6-8,10H,5,9,11-13,19H2. The monoisotopic (exact) mass is 280 g/mol. The van der Waals surface area contributed by atoms with E-state index in [1.807, 2.05) is 35.2 Å². The van der Waals surface area contributed by atoms with Crippen LogP contribution in [0.5, 0.6) is 0 Å². The van der Waals surface area contributed by atoms with Gasteiger partial charge in [0.1, 0.15) is 0 Å². The molecule has 21 heavy (non-hydrogen) atoms. The van der Waals surface area contributed by atoms with E-state index < -0.39 is 0 Å². The SMILES string of the molecule is Nc1ccccc1CC(=O)N1CCCc2ccccc2C1. The number of carbonyl (C=O) groups excluding carboxylic acids is 1. The lowest BCUT2D eigenvalue weighted by atomic mass is 10.0. The summed E-state index contributed by atoms with van der Waals surface area (Å²) in [6, 6.07) is 16.0. The third-order valence-corrected chi connectivity index (χ3v) is 4.10. The van der Waals surface area contributed by atoms with E-state index in [9.17, 15) is 4.79 Å². The Morgan fingerprint density at radius 2 is 1.76 bits per heavy atom. The Morgan fingerprint density at radius 3 is 2.57 bits per heavy atom. The van der Waals surface area contributed by atoms with Crippen molar-refractivity contribution in [3.8, 4) is 0 Å². The van der Waals surface area contributed by atoms with Crippen LogP contribution in [0.25, 0.3) is 0 Å². The molecule has 0 radical (unpaired) electrons. The van der Waals surface area contributed by atoms with Crippen molar-refractivity contribution in [2.75, 3.05) is 12.3 Å². The van der Waals surface area contributed by atoms with Crippen LogP contribution in [0, 0.1) is 0 Å². The second-order valence-electron chi connectivity index (χ2n) is 5.56. The summed E-state index contributed by atoms with van der Waals surface area (Å²) in [5, 5.41) is 0. The van der Waals surface area contributed by atoms with Crippen LogP contribution in [0.2, 0.25) is 0 Å². The van der Waals surface area contributed by atoms with Crippen molar-refractivity contribution in [3.05, 3.63) is 65.2 Å². The summed E-state index contributed by atoms with van der Waals surface area (Å²) < 4.78 is 0. The number of hydrogen-bond donors (Lipinski definition) is 1. The van der Waals surface area contributed by atoms with E-state index in [2.05, 4.69) is 18.2 Å². The molecule has 0 saturated heterocycles. The van der Waals surface area contributed by atoms with Crippen molar-refractivity contribution in [2.24, 2.45) is 0 Å². The molecule has 3 heteroatoms. The quantitative estimate of drug-likeness (QED) is 0.860. The number of para-hydroxylation sites is 1. The van der Waals surface area contributed by atoms with Gasteiger partial charge in [-0.2, -0.15) is 0 Å². The number of rotatable bonds is 2. The van der Waals surface area contributed by atoms with Gasteiger partial charge in [-0.15, -0.1) is 0 Å². The van der Waals surface area contributed by atoms with Crippen LogP contribution in [0.1, 0.15) is 23.1 Å². The lowest BCUT2D eigenvalue weighted by Crippen LogP contribution is -2.32. The third kappa shape index (κ3) is 3.07. The Hall–Kier alpha value is -2.29. The zero-order valence-corrected chi connectivity index (χ0v) is 12.1. The largest absolute Gasteiger partial charge is 0.398 e. The average molecular weight is 280 g/mol. The van der Waals surface area contributed by atoms with Gasteiger partial charge in [0.05, 0.1) is 6.42 Å². The molecule has 108 valence electrons. The fourth-order valence-electron chi connectivity index (χ4n) is 2.88. The highest BCUT2D eigenvalue weighted by molar-refractivity contribution is 5.80. The van der Waals surface area contributed by atoms with Gasteiger partial charge in [0.2, 0.25) is 5.91 Å². The van der Waals surface area contributed by atoms with E-state index in [1.54, 1.807) is 0 Å². The van der Waals surface area contributed by atoms with Crippen molar-refractivity contribution in [2.45, 2.75) is 25.8 Å². The molecule has 0 fully saturated rings. The van der Waals surface area contributed by atoms with Crippen LogP contribution in [-0.2, 0) is 24.2 Å². The first-order chi connectivity index (χ1) is 10.2. The Bertz CT molecular complexity index is 651. The molecule has 3 rings (SSSR count). The van der Waals surface area contributed by atoms with Gasteiger partial charge >= 0.3 is 0 Å². The van der Waals surface area contributed by atoms with Crippen LogP contribution in [-0.4, -0.2) is 17.4 Å². The van der Waals surface area contributed by atoms with Crippen molar-refractivity contribution in [3.63, 3.8) is 0 Å². The first kappa shape index (κ1) is 13.7. The highest BCUT2D eigenvalue weighted by Gasteiger charge is 2.19. The first-order valence-electron chi connectivity index (χ1n) is 7.42. The lowest BCUT2D eigenvalue weighted by molar-refractivity contribution is -0.131. The van der Waals surface area contributed by atoms with Crippen molar-refractivity contribution in [1.29, 1.82) is 0 Å². The number of amides is 1. The maximum Gasteiger partial charge on any atom is 0.227 e. The minimum atomic E-state index is 0.157. The zero-order chi connectivity index (χ0) is 14.7. The third-order valence-electron chi connectivity index (χ3n) is 4.10. The number of anilines is 1. The minimum absolute atomic E-state index is 0.157. The second kappa shape index (κ2) is 6.00. The Kier molecular flexibility index (Phi) is 3.91. The highest BCUT2D eigenvalue weighted by Crippen LogP contribution is 2.20. The molecule has 1 aliphatic rings. The summed E-state index contributed by atoms with van der Waals surface area (Å²) >= 11 is 0. The van der Waals surface area contributed by atoms with Gasteiger partial charge in [-0.05, 0) is 35.6 Å². The summed E-state index contributed by atoms with van der Waals surface area (Å²) in [4.78, 5) is 14.5. The molecule has 0 spiro atoms. The number of carbonyl (C=O) groups is 1. The molecule has 3 nitrogen and oxygen atoms in total. The maximum absolute atomic E-state index is 12.6. The lowest BCUT2D eigenvalue weighted by Gasteiger charge is -2.21. The van der Waals surface area contributed by atoms with Crippen molar-refractivity contribution >= 4 is 11.6 Å². The second-order valence-corrected chi connectivity index (χ2v) is 5.56. The summed E-state index contributed by atoms with van der Waals surface area (Å²) in [6.07, 6.45) is 2.45. The van der Waals surface area contributed by atoms with E-state index in [1.165, 1.54) is 11.1 Å². The maximum atomic E-state index is 12.6. The molecule has 0 aliphatic carbocycles. The van der Waals surface area contributed by atoms with Crippen LogP contribution in [0.15, 0.2) is 48.5 Å². The molecule has 1 aliphatic heterocycles. The van der Waals surface area contributed by atoms with Crippen LogP contribution < -0.4 is 5.73 Å². The molecule has 0 atom stereocenters. The topological polar surface area (TPSA) is 46.3 Å². The van der Waals surface area contributed by atoms with Crippen LogP contribution >= 0.6 is 0 Å². The molecule has 1 heterocycles. The normalized spacial score (nSPS) is 14.4. The number of aryl methyl sites for hydroxylation is 1. The van der Waals surface area contributed by atoms with Gasteiger partial charge in [0.25, 0.3) is 0 Å². The number of nitrogens with zero attached hydrogens (tertiary/aromatic N) is 1. The number of fused-ring (bicyclic) bond motifs is 1. The molecule has 2 N–H and O–H groups in total. The van der Waals surface area contributed by atoms with Crippen LogP contribution in [0.3, 0.4) is 0 Å². The van der Waals surface area contributed by atoms with Crippen LogP contribution in [0.4, 0.5) is 5.69 Å². The summed E-state index contributed by atoms with van der Waals surface area (Å²) in [6.45, 7) is 1.53. The molecule has 2 aromatic carbocycles. The summed E-state index contributed by atoms with van der Waals surface area (Å²) in [5.41, 5.74) is 10.2. The fraction of sp³-hybridized carbons (Fsp3) is 0.278. The van der Waals surface area contributed by atoms with E-state index in [0.29, 0.717) is 18.7 Å². The predicted molar refractivity (Wildman–Crippen MR) is 84.7 cm³/mol. The molecule has 2 aromatic rings. The van der Waals surface area contributed by atoms with Crippen molar-refractivity contribution < 1.29 is 4.79 Å². The number of hydrogen-bond acceptors (Lipinski definition) is 2. The number of nitrogen functional groups attached to an aromatic ring is 1. The first-order valence-corrected chi connectivity index (χ1v) is 7.42. The molecule has 0 saturated carbocycles. The number of benzene rings is 2. The molecular formula is C18H20N2O. The van der Waals surface area contributed by atoms with E-state index in [0.717, 1.165) is 24.9 Å². The fourth-order valence-corrected chi connectivity index (χ4v) is 2.88. The minimum Gasteiger partial charge on any atom is -0.398 e. The van der Waals surface area contributed by atoms with Gasteiger partial charge in [-0.25, -0.2) is 0 Å². The molecule has 0 bridgehead atoms. The van der Waals surface area contributed by atoms with Gasteiger partial charge in [-0.3, -0.25) is 4.79 Å². The van der Waals surface area contributed by atoms with Gasteiger partial charge in [-0.1, -0.05) is 42.5 Å². The van der Waals surface area contributed by atoms with E-state index in [-0.39, 0.29) is 5.91 Å². The predicted octanol–water partition coefficient (Wildman–Crippen LogP) is 2.79. The molecular weight excluding hydrogens is 260 g/mol. The molecule has 1 amide bonds. The summed E-state index contributed by atoms with van der Waals surface area (Å²) in [5.74, 6) is 0.157. The van der Waals surface area contributed by atoms with Gasteiger partial charge in [0, 0.05) is 18.8 Å². The average Bonchev–Trinajstić information content (AvgIpc) is 2.72. The summed E-state index contributed by atoms with van der Waals surface area (Å²) in [7, 11) is 0. The molecule has 0 unspecified atom stereocenters. The smallest absolute Gasteiger partial charge is 0.227 e. The van der Waals surface area contributed by atoms with Gasteiger partial charge in [0.15, 0.2) is 0 Å². The van der Waals surface area contributed by atoms with E-state index >= 15 is 0 Å². The van der Waals surface area contributed by atoms with Gasteiger partial charge < -0.3 is 10.6 Å². The Balaban J connectivity index is 1.75. The highest BCUT2D eigenvalue weighted by atomic mass is 16.2. The Morgan fingerprint density at radius 1 is 1.05 bits per heavy atom.